The molecule has 144 valence electrons. The summed E-state index contributed by atoms with van der Waals surface area (Å²) in [5, 5.41) is 7.09. The molecule has 0 spiro atoms. The lowest BCUT2D eigenvalue weighted by molar-refractivity contribution is -0.0432. The second kappa shape index (κ2) is 9.22. The Bertz CT molecular complexity index is 431. The van der Waals surface area contributed by atoms with E-state index >= 15 is 0 Å². The van der Waals surface area contributed by atoms with E-state index < -0.39 is 0 Å². The summed E-state index contributed by atoms with van der Waals surface area (Å²) in [6.07, 6.45) is 8.10. The molecular formula is C20H38N4O. The molecule has 0 aromatic rings. The first-order valence-electron chi connectivity index (χ1n) is 10.6. The number of hydrogen-bond donors (Lipinski definition) is 2. The fraction of sp³-hybridized carbons (Fsp3) is 0.950. The number of nitrogens with one attached hydrogen (secondary N) is 2. The van der Waals surface area contributed by atoms with Crippen molar-refractivity contribution in [2.24, 2.45) is 16.8 Å². The molecule has 5 heteroatoms. The van der Waals surface area contributed by atoms with Gasteiger partial charge in [0.25, 0.3) is 0 Å². The Hall–Kier alpha value is -0.810. The molecule has 5 nitrogen and oxygen atoms in total. The van der Waals surface area contributed by atoms with Gasteiger partial charge >= 0.3 is 0 Å². The Morgan fingerprint density at radius 1 is 1.20 bits per heavy atom. The molecule has 3 rings (SSSR count). The standard InChI is InChI=1S/C20H38N4O/c1-4-21-20(23-17-9-7-16(8-10-17)15(2)3)22-12-19-13-24-11-5-6-18(24)14-25-19/h15-19H,4-14H2,1-3H3,(H2,21,22,23). The molecule has 1 saturated carbocycles. The average molecular weight is 351 g/mol. The Labute approximate surface area is 154 Å². The van der Waals surface area contributed by atoms with E-state index in [0.29, 0.717) is 12.1 Å². The quantitative estimate of drug-likeness (QED) is 0.591. The molecule has 0 amide bonds. The zero-order chi connectivity index (χ0) is 17.6. The van der Waals surface area contributed by atoms with Crippen LogP contribution in [0.3, 0.4) is 0 Å². The minimum absolute atomic E-state index is 0.251. The van der Waals surface area contributed by atoms with Gasteiger partial charge in [-0.25, -0.2) is 0 Å². The van der Waals surface area contributed by atoms with E-state index in [1.165, 1.54) is 45.1 Å². The molecule has 2 heterocycles. The monoisotopic (exact) mass is 350 g/mol. The number of guanidine groups is 1. The van der Waals surface area contributed by atoms with E-state index in [1.807, 2.05) is 0 Å². The van der Waals surface area contributed by atoms with Crippen molar-refractivity contribution in [2.45, 2.75) is 77.5 Å². The van der Waals surface area contributed by atoms with Gasteiger partial charge in [-0.15, -0.1) is 0 Å². The lowest BCUT2D eigenvalue weighted by Gasteiger charge is -2.35. The van der Waals surface area contributed by atoms with Crippen LogP contribution in [0.1, 0.15) is 59.3 Å². The van der Waals surface area contributed by atoms with Crippen molar-refractivity contribution in [2.75, 3.05) is 32.8 Å². The third-order valence-corrected chi connectivity index (χ3v) is 6.31. The van der Waals surface area contributed by atoms with Gasteiger partial charge < -0.3 is 15.4 Å². The maximum absolute atomic E-state index is 6.05. The molecule has 3 aliphatic rings. The summed E-state index contributed by atoms with van der Waals surface area (Å²) in [6, 6.07) is 1.24. The second-order valence-electron chi connectivity index (χ2n) is 8.47. The van der Waals surface area contributed by atoms with E-state index in [0.717, 1.165) is 44.0 Å². The van der Waals surface area contributed by atoms with Crippen molar-refractivity contribution in [3.05, 3.63) is 0 Å². The van der Waals surface area contributed by atoms with Crippen molar-refractivity contribution < 1.29 is 4.74 Å². The molecule has 2 N–H and O–H groups in total. The summed E-state index contributed by atoms with van der Waals surface area (Å²) in [5.74, 6) is 2.70. The molecule has 2 aliphatic heterocycles. The molecule has 2 unspecified atom stereocenters. The van der Waals surface area contributed by atoms with E-state index in [2.05, 4.69) is 36.3 Å². The molecule has 25 heavy (non-hydrogen) atoms. The minimum atomic E-state index is 0.251. The molecule has 1 aliphatic carbocycles. The van der Waals surface area contributed by atoms with E-state index in [1.54, 1.807) is 0 Å². The number of fused-ring (bicyclic) bond motifs is 1. The van der Waals surface area contributed by atoms with Crippen LogP contribution in [-0.2, 0) is 4.74 Å². The van der Waals surface area contributed by atoms with Gasteiger partial charge in [-0.05, 0) is 63.8 Å². The summed E-state index contributed by atoms with van der Waals surface area (Å²) >= 11 is 0. The van der Waals surface area contributed by atoms with Crippen LogP contribution >= 0.6 is 0 Å². The van der Waals surface area contributed by atoms with Crippen LogP contribution in [-0.4, -0.2) is 61.8 Å². The second-order valence-corrected chi connectivity index (χ2v) is 8.47. The van der Waals surface area contributed by atoms with Crippen molar-refractivity contribution in [1.82, 2.24) is 15.5 Å². The predicted molar refractivity (Wildman–Crippen MR) is 104 cm³/mol. The molecular weight excluding hydrogens is 312 g/mol. The summed E-state index contributed by atoms with van der Waals surface area (Å²) in [4.78, 5) is 7.44. The highest BCUT2D eigenvalue weighted by molar-refractivity contribution is 5.80. The summed E-state index contributed by atoms with van der Waals surface area (Å²) < 4.78 is 6.05. The van der Waals surface area contributed by atoms with Crippen LogP contribution in [0, 0.1) is 11.8 Å². The van der Waals surface area contributed by atoms with Crippen molar-refractivity contribution in [3.8, 4) is 0 Å². The molecule has 0 aromatic heterocycles. The Balaban J connectivity index is 1.46. The Morgan fingerprint density at radius 2 is 2.00 bits per heavy atom. The lowest BCUT2D eigenvalue weighted by Crippen LogP contribution is -2.48. The highest BCUT2D eigenvalue weighted by atomic mass is 16.5. The van der Waals surface area contributed by atoms with Gasteiger partial charge in [-0.3, -0.25) is 9.89 Å². The number of hydrogen-bond acceptors (Lipinski definition) is 3. The van der Waals surface area contributed by atoms with Gasteiger partial charge in [-0.2, -0.15) is 0 Å². The maximum atomic E-state index is 6.05. The van der Waals surface area contributed by atoms with Crippen molar-refractivity contribution in [3.63, 3.8) is 0 Å². The van der Waals surface area contributed by atoms with Gasteiger partial charge in [0.15, 0.2) is 5.96 Å². The van der Waals surface area contributed by atoms with Gasteiger partial charge in [0, 0.05) is 25.2 Å². The molecule has 0 bridgehead atoms. The molecule has 2 saturated heterocycles. The molecule has 3 fully saturated rings. The summed E-state index contributed by atoms with van der Waals surface area (Å²) in [7, 11) is 0. The van der Waals surface area contributed by atoms with E-state index in [9.17, 15) is 0 Å². The number of nitrogens with zero attached hydrogens (tertiary/aromatic N) is 2. The van der Waals surface area contributed by atoms with Crippen molar-refractivity contribution >= 4 is 5.96 Å². The first kappa shape index (κ1) is 19.0. The largest absolute Gasteiger partial charge is 0.373 e. The van der Waals surface area contributed by atoms with Gasteiger partial charge in [-0.1, -0.05) is 13.8 Å². The molecule has 2 atom stereocenters. The highest BCUT2D eigenvalue weighted by Gasteiger charge is 2.32. The van der Waals surface area contributed by atoms with Crippen molar-refractivity contribution in [1.29, 1.82) is 0 Å². The fourth-order valence-electron chi connectivity index (χ4n) is 4.63. The number of ether oxygens (including phenoxy) is 1. The zero-order valence-electron chi connectivity index (χ0n) is 16.5. The zero-order valence-corrected chi connectivity index (χ0v) is 16.5. The highest BCUT2D eigenvalue weighted by Crippen LogP contribution is 2.29. The van der Waals surface area contributed by atoms with Crippen LogP contribution < -0.4 is 10.6 Å². The first-order valence-corrected chi connectivity index (χ1v) is 10.6. The summed E-state index contributed by atoms with van der Waals surface area (Å²) in [5.41, 5.74) is 0. The van der Waals surface area contributed by atoms with Crippen LogP contribution in [0.5, 0.6) is 0 Å². The first-order chi connectivity index (χ1) is 12.2. The normalized spacial score (nSPS) is 34.2. The van der Waals surface area contributed by atoms with Gasteiger partial charge in [0.2, 0.25) is 0 Å². The molecule has 0 radical (unpaired) electrons. The maximum Gasteiger partial charge on any atom is 0.191 e. The van der Waals surface area contributed by atoms with Crippen LogP contribution in [0.4, 0.5) is 0 Å². The van der Waals surface area contributed by atoms with Gasteiger partial charge in [0.1, 0.15) is 0 Å². The fourth-order valence-corrected chi connectivity index (χ4v) is 4.63. The summed E-state index contributed by atoms with van der Waals surface area (Å²) in [6.45, 7) is 11.7. The number of rotatable bonds is 5. The minimum Gasteiger partial charge on any atom is -0.373 e. The Morgan fingerprint density at radius 3 is 2.72 bits per heavy atom. The molecule has 0 aromatic carbocycles. The number of aliphatic imine (C=N–C) groups is 1. The average Bonchev–Trinajstić information content (AvgIpc) is 3.08. The predicted octanol–water partition coefficient (Wildman–Crippen LogP) is 2.62. The van der Waals surface area contributed by atoms with Crippen LogP contribution in [0.2, 0.25) is 0 Å². The van der Waals surface area contributed by atoms with E-state index in [-0.39, 0.29) is 6.10 Å². The van der Waals surface area contributed by atoms with Crippen LogP contribution in [0.15, 0.2) is 4.99 Å². The Kier molecular flexibility index (Phi) is 7.00. The third-order valence-electron chi connectivity index (χ3n) is 6.31. The SMILES string of the molecule is CCNC(=NCC1CN2CCCC2CO1)NC1CCC(C(C)C)CC1. The number of morpholine rings is 1. The van der Waals surface area contributed by atoms with Crippen LogP contribution in [0.25, 0.3) is 0 Å². The lowest BCUT2D eigenvalue weighted by atomic mass is 9.80. The smallest absolute Gasteiger partial charge is 0.191 e. The topological polar surface area (TPSA) is 48.9 Å². The van der Waals surface area contributed by atoms with E-state index in [4.69, 9.17) is 9.73 Å². The van der Waals surface area contributed by atoms with Gasteiger partial charge in [0.05, 0.1) is 19.3 Å². The third kappa shape index (κ3) is 5.33.